The summed E-state index contributed by atoms with van der Waals surface area (Å²) >= 11 is 6.45. The number of carbonyl (C=O) groups is 1. The minimum atomic E-state index is -0.487. The molecule has 1 heterocycles. The first-order chi connectivity index (χ1) is 11.6. The molecule has 124 valence electrons. The average Bonchev–Trinajstić information content (AvgIpc) is 3.01. The summed E-state index contributed by atoms with van der Waals surface area (Å²) in [5, 5.41) is 4.71. The van der Waals surface area contributed by atoms with Crippen LogP contribution in [0, 0.1) is 0 Å². The lowest BCUT2D eigenvalue weighted by Gasteiger charge is -2.18. The van der Waals surface area contributed by atoms with Crippen LogP contribution >= 0.6 is 11.6 Å². The van der Waals surface area contributed by atoms with E-state index in [0.717, 1.165) is 29.4 Å². The third-order valence-electron chi connectivity index (χ3n) is 4.26. The number of nitrogens with two attached hydrogens (primary N) is 1. The first kappa shape index (κ1) is 16.6. The summed E-state index contributed by atoms with van der Waals surface area (Å²) in [7, 11) is 1.95. The highest BCUT2D eigenvalue weighted by Crippen LogP contribution is 2.34. The van der Waals surface area contributed by atoms with Gasteiger partial charge in [-0.05, 0) is 49.3 Å². The Hall–Kier alpha value is -2.30. The van der Waals surface area contributed by atoms with Gasteiger partial charge < -0.3 is 16.0 Å². The Morgan fingerprint density at radius 3 is 2.62 bits per heavy atom. The molecule has 0 aliphatic heterocycles. The number of nitrogens with one attached hydrogen (secondary N) is 2. The maximum absolute atomic E-state index is 11.4. The number of amides is 1. The monoisotopic (exact) mass is 341 g/mol. The largest absolute Gasteiger partial charge is 0.364 e. The van der Waals surface area contributed by atoms with E-state index in [1.165, 1.54) is 5.56 Å². The number of carbonyl (C=O) groups excluding carboxylic acids is 1. The number of halogens is 1. The molecule has 0 fully saturated rings. The van der Waals surface area contributed by atoms with Gasteiger partial charge in [0.1, 0.15) is 5.69 Å². The van der Waals surface area contributed by atoms with Gasteiger partial charge in [-0.25, -0.2) is 0 Å². The summed E-state index contributed by atoms with van der Waals surface area (Å²) in [5.41, 5.74) is 8.85. The minimum Gasteiger partial charge on any atom is -0.364 e. The molecular weight excluding hydrogens is 322 g/mol. The highest BCUT2D eigenvalue weighted by molar-refractivity contribution is 6.35. The van der Waals surface area contributed by atoms with Gasteiger partial charge in [0.15, 0.2) is 0 Å². The van der Waals surface area contributed by atoms with Crippen molar-refractivity contribution in [3.8, 4) is 0 Å². The second-order valence-corrected chi connectivity index (χ2v) is 6.28. The van der Waals surface area contributed by atoms with Crippen LogP contribution in [0.25, 0.3) is 10.9 Å². The first-order valence-electron chi connectivity index (χ1n) is 7.91. The van der Waals surface area contributed by atoms with Crippen LogP contribution in [0.4, 0.5) is 0 Å². The zero-order valence-corrected chi connectivity index (χ0v) is 14.2. The van der Waals surface area contributed by atoms with E-state index in [4.69, 9.17) is 17.3 Å². The molecule has 4 nitrogen and oxygen atoms in total. The van der Waals surface area contributed by atoms with Crippen molar-refractivity contribution in [3.63, 3.8) is 0 Å². The van der Waals surface area contributed by atoms with Crippen LogP contribution in [-0.4, -0.2) is 24.5 Å². The lowest BCUT2D eigenvalue weighted by Crippen LogP contribution is -2.13. The maximum atomic E-state index is 11.4. The van der Waals surface area contributed by atoms with E-state index in [0.29, 0.717) is 10.7 Å². The van der Waals surface area contributed by atoms with Gasteiger partial charge in [0.05, 0.1) is 10.5 Å². The zero-order valence-electron chi connectivity index (χ0n) is 13.5. The standard InChI is InChI=1S/C19H20ClN3O/c1-22-8-7-15(12-5-3-2-4-6-12)13-9-14-11-17(19(21)24)23-18(14)16(20)10-13/h2-6,9-11,15,22-23H,7-8H2,1H3,(H2,21,24). The predicted molar refractivity (Wildman–Crippen MR) is 98.7 cm³/mol. The van der Waals surface area contributed by atoms with Gasteiger partial charge in [0.25, 0.3) is 5.91 Å². The van der Waals surface area contributed by atoms with Crippen molar-refractivity contribution in [1.29, 1.82) is 0 Å². The summed E-state index contributed by atoms with van der Waals surface area (Å²) < 4.78 is 0. The lowest BCUT2D eigenvalue weighted by atomic mass is 9.88. The van der Waals surface area contributed by atoms with Gasteiger partial charge in [0.2, 0.25) is 0 Å². The molecular formula is C19H20ClN3O. The first-order valence-corrected chi connectivity index (χ1v) is 8.29. The van der Waals surface area contributed by atoms with Gasteiger partial charge in [-0.3, -0.25) is 4.79 Å². The molecule has 4 N–H and O–H groups in total. The topological polar surface area (TPSA) is 70.9 Å². The highest BCUT2D eigenvalue weighted by Gasteiger charge is 2.17. The van der Waals surface area contributed by atoms with Gasteiger partial charge in [-0.1, -0.05) is 41.9 Å². The molecule has 2 aromatic carbocycles. The SMILES string of the molecule is CNCCC(c1ccccc1)c1cc(Cl)c2[nH]c(C(N)=O)cc2c1. The van der Waals surface area contributed by atoms with Crippen LogP contribution in [0.2, 0.25) is 5.02 Å². The summed E-state index contributed by atoms with van der Waals surface area (Å²) in [6, 6.07) is 16.2. The number of benzene rings is 2. The molecule has 1 unspecified atom stereocenters. The molecule has 3 aromatic rings. The number of rotatable bonds is 6. The number of H-pyrrole nitrogens is 1. The fourth-order valence-electron chi connectivity index (χ4n) is 3.06. The van der Waals surface area contributed by atoms with E-state index >= 15 is 0 Å². The molecule has 1 amide bonds. The minimum absolute atomic E-state index is 0.229. The third kappa shape index (κ3) is 3.30. The maximum Gasteiger partial charge on any atom is 0.265 e. The molecule has 1 aromatic heterocycles. The van der Waals surface area contributed by atoms with Gasteiger partial charge >= 0.3 is 0 Å². The second-order valence-electron chi connectivity index (χ2n) is 5.87. The molecule has 3 rings (SSSR count). The van der Waals surface area contributed by atoms with Crippen molar-refractivity contribution >= 4 is 28.4 Å². The van der Waals surface area contributed by atoms with Crippen LogP contribution in [0.3, 0.4) is 0 Å². The van der Waals surface area contributed by atoms with Gasteiger partial charge in [-0.2, -0.15) is 0 Å². The Kier molecular flexibility index (Phi) is 4.88. The molecule has 1 atom stereocenters. The summed E-state index contributed by atoms with van der Waals surface area (Å²) in [6.07, 6.45) is 0.954. The lowest BCUT2D eigenvalue weighted by molar-refractivity contribution is 0.0996. The molecule has 0 spiro atoms. The van der Waals surface area contributed by atoms with E-state index in [9.17, 15) is 4.79 Å². The van der Waals surface area contributed by atoms with Crippen molar-refractivity contribution in [2.45, 2.75) is 12.3 Å². The third-order valence-corrected chi connectivity index (χ3v) is 4.55. The molecule has 0 saturated heterocycles. The van der Waals surface area contributed by atoms with Crippen LogP contribution in [0.15, 0.2) is 48.5 Å². The van der Waals surface area contributed by atoms with Crippen LogP contribution in [-0.2, 0) is 0 Å². The molecule has 24 heavy (non-hydrogen) atoms. The molecule has 0 aliphatic rings. The zero-order chi connectivity index (χ0) is 17.1. The Morgan fingerprint density at radius 2 is 1.96 bits per heavy atom. The van der Waals surface area contributed by atoms with E-state index in [2.05, 4.69) is 28.5 Å². The average molecular weight is 342 g/mol. The molecule has 0 radical (unpaired) electrons. The van der Waals surface area contributed by atoms with E-state index in [1.807, 2.05) is 31.3 Å². The fourth-order valence-corrected chi connectivity index (χ4v) is 3.34. The van der Waals surface area contributed by atoms with Gasteiger partial charge in [-0.15, -0.1) is 0 Å². The highest BCUT2D eigenvalue weighted by atomic mass is 35.5. The van der Waals surface area contributed by atoms with Crippen LogP contribution in [0.1, 0.15) is 34.0 Å². The number of hydrogen-bond donors (Lipinski definition) is 3. The second kappa shape index (κ2) is 7.07. The van der Waals surface area contributed by atoms with E-state index < -0.39 is 5.91 Å². The van der Waals surface area contributed by atoms with E-state index in [1.54, 1.807) is 6.07 Å². The van der Waals surface area contributed by atoms with Crippen molar-refractivity contribution < 1.29 is 4.79 Å². The molecule has 0 bridgehead atoms. The normalized spacial score (nSPS) is 12.4. The quantitative estimate of drug-likeness (QED) is 0.640. The Balaban J connectivity index is 2.08. The Labute approximate surface area is 146 Å². The van der Waals surface area contributed by atoms with Crippen LogP contribution in [0.5, 0.6) is 0 Å². The molecule has 0 saturated carbocycles. The van der Waals surface area contributed by atoms with Crippen LogP contribution < -0.4 is 11.1 Å². The summed E-state index contributed by atoms with van der Waals surface area (Å²) in [5.74, 6) is -0.258. The number of aromatic amines is 1. The number of primary amides is 1. The molecule has 0 aliphatic carbocycles. The number of fused-ring (bicyclic) bond motifs is 1. The predicted octanol–water partition coefficient (Wildman–Crippen LogP) is 3.66. The summed E-state index contributed by atoms with van der Waals surface area (Å²) in [4.78, 5) is 14.4. The smallest absolute Gasteiger partial charge is 0.265 e. The molecule has 5 heteroatoms. The van der Waals surface area contributed by atoms with Crippen molar-refractivity contribution in [2.24, 2.45) is 5.73 Å². The number of aromatic nitrogens is 1. The van der Waals surface area contributed by atoms with Gasteiger partial charge in [0, 0.05) is 11.3 Å². The fraction of sp³-hybridized carbons (Fsp3) is 0.211. The Morgan fingerprint density at radius 1 is 1.21 bits per heavy atom. The Bertz CT molecular complexity index is 858. The van der Waals surface area contributed by atoms with Crippen molar-refractivity contribution in [1.82, 2.24) is 10.3 Å². The number of hydrogen-bond acceptors (Lipinski definition) is 2. The van der Waals surface area contributed by atoms with E-state index in [-0.39, 0.29) is 5.92 Å². The summed E-state index contributed by atoms with van der Waals surface area (Å²) in [6.45, 7) is 0.898. The van der Waals surface area contributed by atoms with Crippen molar-refractivity contribution in [2.75, 3.05) is 13.6 Å². The van der Waals surface area contributed by atoms with Crippen molar-refractivity contribution in [3.05, 3.63) is 70.4 Å².